The lowest BCUT2D eigenvalue weighted by Gasteiger charge is -2.01. The smallest absolute Gasteiger partial charge is 0.203 e. The molecule has 0 atom stereocenters. The molecule has 2 heterocycles. The number of pyridine rings is 1. The molecular formula is C16H12Cl2N4S. The topological polar surface area (TPSA) is 50.2 Å². The van der Waals surface area contributed by atoms with Crippen LogP contribution < -0.4 is 5.43 Å². The van der Waals surface area contributed by atoms with Crippen LogP contribution in [0, 0.1) is 0 Å². The second kappa shape index (κ2) is 7.08. The van der Waals surface area contributed by atoms with Gasteiger partial charge in [-0.25, -0.2) is 4.98 Å². The zero-order valence-electron chi connectivity index (χ0n) is 12.1. The summed E-state index contributed by atoms with van der Waals surface area (Å²) in [5.41, 5.74) is 6.58. The second-order valence-corrected chi connectivity index (χ2v) is 6.38. The third-order valence-corrected chi connectivity index (χ3v) is 4.62. The van der Waals surface area contributed by atoms with Crippen molar-refractivity contribution in [3.05, 3.63) is 63.7 Å². The SMILES string of the molecule is C/C(=N\Nc1nc(-c2ccc(Cl)c(Cl)c2)cs1)c1ccncc1. The summed E-state index contributed by atoms with van der Waals surface area (Å²) < 4.78 is 0. The fraction of sp³-hybridized carbons (Fsp3) is 0.0625. The van der Waals surface area contributed by atoms with Gasteiger partial charge in [0.25, 0.3) is 0 Å². The van der Waals surface area contributed by atoms with Crippen molar-refractivity contribution in [2.24, 2.45) is 5.10 Å². The maximum Gasteiger partial charge on any atom is 0.203 e. The van der Waals surface area contributed by atoms with Crippen molar-refractivity contribution in [3.63, 3.8) is 0 Å². The number of nitrogens with zero attached hydrogens (tertiary/aromatic N) is 3. The molecule has 0 amide bonds. The number of anilines is 1. The fourth-order valence-corrected chi connectivity index (χ4v) is 2.86. The molecule has 4 nitrogen and oxygen atoms in total. The maximum absolute atomic E-state index is 6.04. The van der Waals surface area contributed by atoms with Crippen molar-refractivity contribution in [1.82, 2.24) is 9.97 Å². The molecule has 7 heteroatoms. The van der Waals surface area contributed by atoms with E-state index in [1.165, 1.54) is 11.3 Å². The summed E-state index contributed by atoms with van der Waals surface area (Å²) in [6.45, 7) is 1.93. The van der Waals surface area contributed by atoms with Crippen LogP contribution in [0.2, 0.25) is 10.0 Å². The van der Waals surface area contributed by atoms with E-state index in [4.69, 9.17) is 23.2 Å². The van der Waals surface area contributed by atoms with Gasteiger partial charge in [-0.2, -0.15) is 5.10 Å². The monoisotopic (exact) mass is 362 g/mol. The van der Waals surface area contributed by atoms with Crippen molar-refractivity contribution in [2.45, 2.75) is 6.92 Å². The van der Waals surface area contributed by atoms with E-state index in [0.29, 0.717) is 15.2 Å². The van der Waals surface area contributed by atoms with Gasteiger partial charge in [0.15, 0.2) is 0 Å². The lowest BCUT2D eigenvalue weighted by Crippen LogP contribution is -1.99. The van der Waals surface area contributed by atoms with Crippen LogP contribution in [-0.4, -0.2) is 15.7 Å². The number of hydrogen-bond donors (Lipinski definition) is 1. The normalized spacial score (nSPS) is 11.5. The zero-order valence-corrected chi connectivity index (χ0v) is 14.5. The van der Waals surface area contributed by atoms with E-state index < -0.39 is 0 Å². The number of thiazole rings is 1. The molecular weight excluding hydrogens is 351 g/mol. The highest BCUT2D eigenvalue weighted by molar-refractivity contribution is 7.14. The predicted molar refractivity (Wildman–Crippen MR) is 97.6 cm³/mol. The van der Waals surface area contributed by atoms with Gasteiger partial charge in [-0.15, -0.1) is 11.3 Å². The number of hydrogen-bond acceptors (Lipinski definition) is 5. The Hall–Kier alpha value is -1.95. The van der Waals surface area contributed by atoms with E-state index in [1.807, 2.05) is 30.5 Å². The second-order valence-electron chi connectivity index (χ2n) is 4.71. The third-order valence-electron chi connectivity index (χ3n) is 3.14. The first-order valence-corrected chi connectivity index (χ1v) is 8.38. The Morgan fingerprint density at radius 1 is 1.13 bits per heavy atom. The summed E-state index contributed by atoms with van der Waals surface area (Å²) in [6, 6.07) is 9.26. The Labute approximate surface area is 147 Å². The highest BCUT2D eigenvalue weighted by atomic mass is 35.5. The Kier molecular flexibility index (Phi) is 4.91. The molecule has 116 valence electrons. The van der Waals surface area contributed by atoms with Crippen LogP contribution in [0.1, 0.15) is 12.5 Å². The molecule has 0 bridgehead atoms. The molecule has 3 aromatic rings. The molecule has 0 unspecified atom stereocenters. The van der Waals surface area contributed by atoms with Crippen molar-refractivity contribution >= 4 is 45.4 Å². The molecule has 0 fully saturated rings. The van der Waals surface area contributed by atoms with Crippen LogP contribution in [0.25, 0.3) is 11.3 Å². The van der Waals surface area contributed by atoms with E-state index >= 15 is 0 Å². The van der Waals surface area contributed by atoms with Gasteiger partial charge < -0.3 is 0 Å². The van der Waals surface area contributed by atoms with Gasteiger partial charge >= 0.3 is 0 Å². The largest absolute Gasteiger partial charge is 0.265 e. The first-order chi connectivity index (χ1) is 11.1. The molecule has 0 aliphatic heterocycles. The average Bonchev–Trinajstić information content (AvgIpc) is 3.05. The van der Waals surface area contributed by atoms with E-state index in [1.54, 1.807) is 24.5 Å². The van der Waals surface area contributed by atoms with E-state index in [2.05, 4.69) is 20.5 Å². The molecule has 2 aromatic heterocycles. The molecule has 23 heavy (non-hydrogen) atoms. The summed E-state index contributed by atoms with van der Waals surface area (Å²) in [7, 11) is 0. The summed E-state index contributed by atoms with van der Waals surface area (Å²) in [4.78, 5) is 8.49. The van der Waals surface area contributed by atoms with E-state index in [-0.39, 0.29) is 0 Å². The van der Waals surface area contributed by atoms with Gasteiger partial charge in [0, 0.05) is 28.9 Å². The molecule has 1 aromatic carbocycles. The third kappa shape index (κ3) is 3.88. The Morgan fingerprint density at radius 3 is 2.65 bits per heavy atom. The maximum atomic E-state index is 6.04. The summed E-state index contributed by atoms with van der Waals surface area (Å²) in [5, 5.41) is 8.04. The Balaban J connectivity index is 1.76. The first-order valence-electron chi connectivity index (χ1n) is 6.75. The van der Waals surface area contributed by atoms with Crippen LogP contribution in [0.4, 0.5) is 5.13 Å². The summed E-state index contributed by atoms with van der Waals surface area (Å²) >= 11 is 13.4. The van der Waals surface area contributed by atoms with Crippen LogP contribution in [-0.2, 0) is 0 Å². The molecule has 0 aliphatic rings. The molecule has 0 aliphatic carbocycles. The van der Waals surface area contributed by atoms with Crippen LogP contribution in [0.15, 0.2) is 53.2 Å². The number of hydrazone groups is 1. The minimum Gasteiger partial charge on any atom is -0.265 e. The van der Waals surface area contributed by atoms with E-state index in [0.717, 1.165) is 22.5 Å². The first kappa shape index (κ1) is 15.9. The van der Waals surface area contributed by atoms with Crippen LogP contribution >= 0.6 is 34.5 Å². The number of halogens is 2. The molecule has 0 saturated heterocycles. The van der Waals surface area contributed by atoms with Crippen molar-refractivity contribution in [1.29, 1.82) is 0 Å². The molecule has 0 spiro atoms. The summed E-state index contributed by atoms with van der Waals surface area (Å²) in [5.74, 6) is 0. The fourth-order valence-electron chi connectivity index (χ4n) is 1.90. The minimum atomic E-state index is 0.512. The van der Waals surface area contributed by atoms with Gasteiger partial charge in [-0.05, 0) is 31.2 Å². The lowest BCUT2D eigenvalue weighted by molar-refractivity contribution is 1.26. The average molecular weight is 363 g/mol. The standard InChI is InChI=1S/C16H12Cl2N4S/c1-10(11-4-6-19-7-5-11)21-22-16-20-15(9-23-16)12-2-3-13(17)14(18)8-12/h2-9H,1H3,(H,20,22)/b21-10+. The van der Waals surface area contributed by atoms with Gasteiger partial charge in [-0.1, -0.05) is 29.3 Å². The lowest BCUT2D eigenvalue weighted by atomic mass is 10.2. The summed E-state index contributed by atoms with van der Waals surface area (Å²) in [6.07, 6.45) is 3.47. The quantitative estimate of drug-likeness (QED) is 0.502. The van der Waals surface area contributed by atoms with Gasteiger partial charge in [0.2, 0.25) is 5.13 Å². The number of nitrogens with one attached hydrogen (secondary N) is 1. The van der Waals surface area contributed by atoms with Crippen molar-refractivity contribution in [2.75, 3.05) is 5.43 Å². The Morgan fingerprint density at radius 2 is 1.91 bits per heavy atom. The van der Waals surface area contributed by atoms with Crippen LogP contribution in [0.3, 0.4) is 0 Å². The number of aromatic nitrogens is 2. The molecule has 1 N–H and O–H groups in total. The number of rotatable bonds is 4. The van der Waals surface area contributed by atoms with Crippen molar-refractivity contribution in [3.8, 4) is 11.3 Å². The Bertz CT molecular complexity index is 846. The van der Waals surface area contributed by atoms with Crippen molar-refractivity contribution < 1.29 is 0 Å². The predicted octanol–water partition coefficient (Wildman–Crippen LogP) is 5.35. The van der Waals surface area contributed by atoms with E-state index in [9.17, 15) is 0 Å². The molecule has 3 rings (SSSR count). The van der Waals surface area contributed by atoms with Crippen LogP contribution in [0.5, 0.6) is 0 Å². The highest BCUT2D eigenvalue weighted by Crippen LogP contribution is 2.30. The molecule has 0 radical (unpaired) electrons. The zero-order chi connectivity index (χ0) is 16.2. The van der Waals surface area contributed by atoms with Gasteiger partial charge in [0.1, 0.15) is 0 Å². The van der Waals surface area contributed by atoms with Gasteiger partial charge in [-0.3, -0.25) is 10.4 Å². The minimum absolute atomic E-state index is 0.512. The molecule has 0 saturated carbocycles. The highest BCUT2D eigenvalue weighted by Gasteiger charge is 2.07. The number of benzene rings is 1. The van der Waals surface area contributed by atoms with Gasteiger partial charge in [0.05, 0.1) is 21.5 Å².